The van der Waals surface area contributed by atoms with Crippen molar-refractivity contribution in [1.29, 1.82) is 0 Å². The molecule has 1 heterocycles. The predicted molar refractivity (Wildman–Crippen MR) is 94.3 cm³/mol. The second-order valence-corrected chi connectivity index (χ2v) is 6.14. The molecular weight excluding hydrogens is 341 g/mol. The molecule has 0 unspecified atom stereocenters. The minimum Gasteiger partial charge on any atom is -0.325 e. The second-order valence-electron chi connectivity index (χ2n) is 5.20. The topological polar surface area (TPSA) is 72.7 Å². The molecule has 1 N–H and O–H groups in total. The van der Waals surface area contributed by atoms with Crippen LogP contribution in [0.25, 0.3) is 5.69 Å². The van der Waals surface area contributed by atoms with E-state index in [-0.39, 0.29) is 17.5 Å². The van der Waals surface area contributed by atoms with Crippen LogP contribution in [0.4, 0.5) is 10.1 Å². The Balaban J connectivity index is 1.65. The van der Waals surface area contributed by atoms with Crippen molar-refractivity contribution in [3.05, 3.63) is 59.9 Å². The first-order valence-corrected chi connectivity index (χ1v) is 8.71. The van der Waals surface area contributed by atoms with Crippen LogP contribution in [-0.4, -0.2) is 31.9 Å². The standard InChI is InChI=1S/C17H16FN5OS/c1-2-12-5-3-4-6-15(12)19-16(24)11-25-17-20-21-22-23(17)14-9-7-13(18)8-10-14/h3-10H,2,11H2,1H3,(H,19,24). The van der Waals surface area contributed by atoms with Gasteiger partial charge in [-0.2, -0.15) is 4.68 Å². The van der Waals surface area contributed by atoms with Gasteiger partial charge in [-0.05, 0) is 52.7 Å². The number of benzene rings is 2. The Morgan fingerprint density at radius 2 is 1.96 bits per heavy atom. The number of carbonyl (C=O) groups excluding carboxylic acids is 1. The molecule has 0 aliphatic carbocycles. The van der Waals surface area contributed by atoms with Gasteiger partial charge in [-0.25, -0.2) is 4.39 Å². The molecule has 6 nitrogen and oxygen atoms in total. The number of nitrogens with zero attached hydrogens (tertiary/aromatic N) is 4. The molecule has 2 aromatic carbocycles. The summed E-state index contributed by atoms with van der Waals surface area (Å²) in [7, 11) is 0. The van der Waals surface area contributed by atoms with Crippen molar-refractivity contribution in [3.8, 4) is 5.69 Å². The first-order valence-electron chi connectivity index (χ1n) is 7.72. The van der Waals surface area contributed by atoms with Crippen LogP contribution in [0.3, 0.4) is 0 Å². The van der Waals surface area contributed by atoms with Gasteiger partial charge in [0.1, 0.15) is 5.82 Å². The number of hydrogen-bond acceptors (Lipinski definition) is 5. The molecule has 0 atom stereocenters. The first kappa shape index (κ1) is 17.1. The van der Waals surface area contributed by atoms with Gasteiger partial charge in [0, 0.05) is 5.69 Å². The maximum absolute atomic E-state index is 13.0. The Kier molecular flexibility index (Phi) is 5.39. The van der Waals surface area contributed by atoms with E-state index in [1.54, 1.807) is 12.1 Å². The zero-order chi connectivity index (χ0) is 17.6. The van der Waals surface area contributed by atoms with Crippen LogP contribution in [0.2, 0.25) is 0 Å². The molecule has 0 fully saturated rings. The van der Waals surface area contributed by atoms with Crippen molar-refractivity contribution in [2.24, 2.45) is 0 Å². The van der Waals surface area contributed by atoms with Gasteiger partial charge in [-0.3, -0.25) is 4.79 Å². The SMILES string of the molecule is CCc1ccccc1NC(=O)CSc1nnnn1-c1ccc(F)cc1. The number of thioether (sulfide) groups is 1. The lowest BCUT2D eigenvalue weighted by molar-refractivity contribution is -0.113. The average Bonchev–Trinajstić information content (AvgIpc) is 3.09. The maximum atomic E-state index is 13.0. The smallest absolute Gasteiger partial charge is 0.234 e. The van der Waals surface area contributed by atoms with Crippen LogP contribution < -0.4 is 5.32 Å². The quantitative estimate of drug-likeness (QED) is 0.686. The van der Waals surface area contributed by atoms with Gasteiger partial charge < -0.3 is 5.32 Å². The fourth-order valence-electron chi connectivity index (χ4n) is 2.28. The van der Waals surface area contributed by atoms with Crippen LogP contribution in [0.1, 0.15) is 12.5 Å². The monoisotopic (exact) mass is 357 g/mol. The molecule has 8 heteroatoms. The molecule has 0 spiro atoms. The number of nitrogens with one attached hydrogen (secondary N) is 1. The molecular formula is C17H16FN5OS. The largest absolute Gasteiger partial charge is 0.325 e. The Morgan fingerprint density at radius 3 is 2.72 bits per heavy atom. The summed E-state index contributed by atoms with van der Waals surface area (Å²) in [6.07, 6.45) is 0.840. The summed E-state index contributed by atoms with van der Waals surface area (Å²) < 4.78 is 14.5. The number of rotatable bonds is 6. The van der Waals surface area contributed by atoms with Gasteiger partial charge in [0.15, 0.2) is 0 Å². The van der Waals surface area contributed by atoms with Crippen molar-refractivity contribution in [3.63, 3.8) is 0 Å². The first-order chi connectivity index (χ1) is 12.2. The van der Waals surface area contributed by atoms with E-state index in [0.29, 0.717) is 10.8 Å². The van der Waals surface area contributed by atoms with Crippen LogP contribution >= 0.6 is 11.8 Å². The number of aryl methyl sites for hydroxylation is 1. The van der Waals surface area contributed by atoms with E-state index in [1.807, 2.05) is 31.2 Å². The third-order valence-corrected chi connectivity index (χ3v) is 4.44. The molecule has 0 aliphatic heterocycles. The highest BCUT2D eigenvalue weighted by atomic mass is 32.2. The van der Waals surface area contributed by atoms with Gasteiger partial charge >= 0.3 is 0 Å². The number of carbonyl (C=O) groups is 1. The minimum absolute atomic E-state index is 0.139. The average molecular weight is 357 g/mol. The van der Waals surface area contributed by atoms with Crippen LogP contribution in [0.5, 0.6) is 0 Å². The van der Waals surface area contributed by atoms with Crippen molar-refractivity contribution in [2.45, 2.75) is 18.5 Å². The van der Waals surface area contributed by atoms with E-state index in [2.05, 4.69) is 20.8 Å². The van der Waals surface area contributed by atoms with Gasteiger partial charge in [0.05, 0.1) is 11.4 Å². The molecule has 25 heavy (non-hydrogen) atoms. The molecule has 1 amide bonds. The van der Waals surface area contributed by atoms with Gasteiger partial charge in [-0.15, -0.1) is 5.10 Å². The van der Waals surface area contributed by atoms with Crippen molar-refractivity contribution in [2.75, 3.05) is 11.1 Å². The summed E-state index contributed by atoms with van der Waals surface area (Å²) in [5, 5.41) is 14.8. The molecule has 0 saturated heterocycles. The molecule has 0 radical (unpaired) electrons. The lowest BCUT2D eigenvalue weighted by Gasteiger charge is -2.09. The maximum Gasteiger partial charge on any atom is 0.234 e. The molecule has 0 aliphatic rings. The fourth-order valence-corrected chi connectivity index (χ4v) is 2.97. The zero-order valence-corrected chi connectivity index (χ0v) is 14.3. The molecule has 3 rings (SSSR count). The highest BCUT2D eigenvalue weighted by Crippen LogP contribution is 2.20. The highest BCUT2D eigenvalue weighted by molar-refractivity contribution is 7.99. The number of anilines is 1. The van der Waals surface area contributed by atoms with Crippen LogP contribution in [0, 0.1) is 5.82 Å². The number of tetrazole rings is 1. The van der Waals surface area contributed by atoms with E-state index >= 15 is 0 Å². The Morgan fingerprint density at radius 1 is 1.20 bits per heavy atom. The predicted octanol–water partition coefficient (Wildman–Crippen LogP) is 3.09. The van der Waals surface area contributed by atoms with Crippen LogP contribution in [0.15, 0.2) is 53.7 Å². The number of amides is 1. The number of aromatic nitrogens is 4. The van der Waals surface area contributed by atoms with E-state index in [9.17, 15) is 9.18 Å². The molecule has 1 aromatic heterocycles. The van der Waals surface area contributed by atoms with E-state index < -0.39 is 0 Å². The van der Waals surface area contributed by atoms with Crippen LogP contribution in [-0.2, 0) is 11.2 Å². The third kappa shape index (κ3) is 4.21. The van der Waals surface area contributed by atoms with Gasteiger partial charge in [0.25, 0.3) is 0 Å². The Labute approximate surface area is 148 Å². The molecule has 128 valence electrons. The van der Waals surface area contributed by atoms with Gasteiger partial charge in [-0.1, -0.05) is 36.9 Å². The number of para-hydroxylation sites is 1. The summed E-state index contributed by atoms with van der Waals surface area (Å²) in [4.78, 5) is 12.2. The lowest BCUT2D eigenvalue weighted by atomic mass is 10.1. The second kappa shape index (κ2) is 7.89. The molecule has 0 bridgehead atoms. The van der Waals surface area contributed by atoms with Crippen molar-refractivity contribution >= 4 is 23.4 Å². The molecule has 3 aromatic rings. The van der Waals surface area contributed by atoms with Crippen molar-refractivity contribution < 1.29 is 9.18 Å². The fraction of sp³-hybridized carbons (Fsp3) is 0.176. The van der Waals surface area contributed by atoms with E-state index in [0.717, 1.165) is 17.7 Å². The van der Waals surface area contributed by atoms with E-state index in [1.165, 1.54) is 28.6 Å². The Hall–Kier alpha value is -2.74. The highest BCUT2D eigenvalue weighted by Gasteiger charge is 2.12. The minimum atomic E-state index is -0.333. The van der Waals surface area contributed by atoms with E-state index in [4.69, 9.17) is 0 Å². The third-order valence-electron chi connectivity index (χ3n) is 3.52. The number of hydrogen-bond donors (Lipinski definition) is 1. The summed E-state index contributed by atoms with van der Waals surface area (Å²) in [6, 6.07) is 13.5. The van der Waals surface area contributed by atoms with Gasteiger partial charge in [0.2, 0.25) is 11.1 Å². The zero-order valence-electron chi connectivity index (χ0n) is 13.5. The summed E-state index contributed by atoms with van der Waals surface area (Å²) in [5.74, 6) is -0.306. The molecule has 0 saturated carbocycles. The van der Waals surface area contributed by atoms with Crippen molar-refractivity contribution in [1.82, 2.24) is 20.2 Å². The normalized spacial score (nSPS) is 10.6. The summed E-state index contributed by atoms with van der Waals surface area (Å²) in [5.41, 5.74) is 2.52. The Bertz CT molecular complexity index is 865. The lowest BCUT2D eigenvalue weighted by Crippen LogP contribution is -2.15. The summed E-state index contributed by atoms with van der Waals surface area (Å²) in [6.45, 7) is 2.04. The summed E-state index contributed by atoms with van der Waals surface area (Å²) >= 11 is 1.21. The number of halogens is 1.